The van der Waals surface area contributed by atoms with Gasteiger partial charge in [-0.3, -0.25) is 0 Å². The van der Waals surface area contributed by atoms with Gasteiger partial charge in [0.1, 0.15) is 7.05 Å². The van der Waals surface area contributed by atoms with Crippen molar-refractivity contribution >= 4 is 5.97 Å². The van der Waals surface area contributed by atoms with Crippen molar-refractivity contribution in [1.29, 1.82) is 0 Å². The van der Waals surface area contributed by atoms with Crippen molar-refractivity contribution in [3.63, 3.8) is 0 Å². The molecule has 0 bridgehead atoms. The zero-order valence-corrected chi connectivity index (χ0v) is 12.2. The number of aryl methyl sites for hydroxylation is 2. The highest BCUT2D eigenvalue weighted by molar-refractivity contribution is 5.63. The summed E-state index contributed by atoms with van der Waals surface area (Å²) in [5.74, 6) is -0.924. The summed E-state index contributed by atoms with van der Waals surface area (Å²) in [6.45, 7) is 2.16. The van der Waals surface area contributed by atoms with Crippen molar-refractivity contribution < 1.29 is 14.5 Å². The molecule has 1 rings (SSSR count). The average molecular weight is 263 g/mol. The van der Waals surface area contributed by atoms with E-state index < -0.39 is 5.97 Å². The molecule has 0 atom stereocenters. The predicted molar refractivity (Wildman–Crippen MR) is 73.4 cm³/mol. The molecule has 0 aliphatic rings. The van der Waals surface area contributed by atoms with Crippen molar-refractivity contribution in [2.75, 3.05) is 0 Å². The average Bonchev–Trinajstić information content (AvgIpc) is 2.37. The molecule has 1 aromatic rings. The van der Waals surface area contributed by atoms with E-state index in [1.807, 2.05) is 0 Å². The topological polar surface area (TPSA) is 44.0 Å². The molecule has 0 saturated carbocycles. The lowest BCUT2D eigenvalue weighted by atomic mass is 10.0. The minimum absolute atomic E-state index is 0.208. The first kappa shape index (κ1) is 15.7. The largest absolute Gasteiger partial charge is 0.550 e. The maximum absolute atomic E-state index is 10.2. The molecule has 0 fully saturated rings. The van der Waals surface area contributed by atoms with E-state index in [4.69, 9.17) is 0 Å². The number of pyridine rings is 1. The first-order chi connectivity index (χ1) is 9.11. The third kappa shape index (κ3) is 6.37. The second-order valence-electron chi connectivity index (χ2n) is 5.22. The Morgan fingerprint density at radius 2 is 1.79 bits per heavy atom. The number of carbonyl (C=O) groups excluding carboxylic acids is 1. The molecular weight excluding hydrogens is 238 g/mol. The molecule has 19 heavy (non-hydrogen) atoms. The Morgan fingerprint density at radius 3 is 2.47 bits per heavy atom. The van der Waals surface area contributed by atoms with E-state index in [2.05, 4.69) is 36.9 Å². The maximum Gasteiger partial charge on any atom is 0.181 e. The number of aliphatic carboxylic acids is 1. The molecule has 1 heterocycles. The Kier molecular flexibility index (Phi) is 7.16. The number of nitrogens with zero attached hydrogens (tertiary/aromatic N) is 1. The van der Waals surface area contributed by atoms with Crippen molar-refractivity contribution in [3.05, 3.63) is 29.6 Å². The Bertz CT molecular complexity index is 402. The standard InChI is InChI=1S/C16H25NO2/c1-14-15(11-9-13-17(14)2)10-7-5-3-4-6-8-12-16(18)19/h9,11,13H,3-8,10,12H2,1-2H3. The van der Waals surface area contributed by atoms with Crippen LogP contribution >= 0.6 is 0 Å². The van der Waals surface area contributed by atoms with Crippen LogP contribution in [0.15, 0.2) is 18.3 Å². The van der Waals surface area contributed by atoms with Crippen LogP contribution in [0.3, 0.4) is 0 Å². The van der Waals surface area contributed by atoms with Crippen LogP contribution in [0.4, 0.5) is 0 Å². The summed E-state index contributed by atoms with van der Waals surface area (Å²) in [6, 6.07) is 4.30. The normalized spacial score (nSPS) is 10.6. The van der Waals surface area contributed by atoms with Crippen LogP contribution in [0, 0.1) is 6.92 Å². The molecule has 0 spiro atoms. The van der Waals surface area contributed by atoms with Gasteiger partial charge in [-0.1, -0.05) is 25.7 Å². The van der Waals surface area contributed by atoms with Crippen molar-refractivity contribution in [1.82, 2.24) is 0 Å². The Hall–Kier alpha value is -1.38. The molecule has 0 radical (unpaired) electrons. The third-order valence-corrected chi connectivity index (χ3v) is 3.68. The Balaban J connectivity index is 2.08. The summed E-state index contributed by atoms with van der Waals surface area (Å²) in [4.78, 5) is 10.2. The van der Waals surface area contributed by atoms with Crippen LogP contribution in [-0.2, 0) is 18.3 Å². The molecule has 106 valence electrons. The fraction of sp³-hybridized carbons (Fsp3) is 0.625. The number of unbranched alkanes of at least 4 members (excludes halogenated alkanes) is 5. The van der Waals surface area contributed by atoms with Gasteiger partial charge in [-0.15, -0.1) is 0 Å². The predicted octanol–water partition coefficient (Wildman–Crippen LogP) is 1.84. The van der Waals surface area contributed by atoms with Crippen LogP contribution < -0.4 is 9.67 Å². The molecule has 0 amide bonds. The van der Waals surface area contributed by atoms with Gasteiger partial charge in [-0.05, 0) is 31.7 Å². The molecule has 1 aromatic heterocycles. The van der Waals surface area contributed by atoms with Gasteiger partial charge in [0.2, 0.25) is 0 Å². The van der Waals surface area contributed by atoms with Gasteiger partial charge >= 0.3 is 0 Å². The maximum atomic E-state index is 10.2. The van der Waals surface area contributed by atoms with E-state index in [1.165, 1.54) is 30.5 Å². The summed E-state index contributed by atoms with van der Waals surface area (Å²) in [5, 5.41) is 10.2. The van der Waals surface area contributed by atoms with Gasteiger partial charge in [-0.25, -0.2) is 4.57 Å². The summed E-state index contributed by atoms with van der Waals surface area (Å²) < 4.78 is 2.16. The number of carboxylic acid groups (broad SMARTS) is 1. The van der Waals surface area contributed by atoms with Gasteiger partial charge in [0.05, 0.1) is 0 Å². The lowest BCUT2D eigenvalue weighted by Crippen LogP contribution is -2.32. The minimum atomic E-state index is -0.924. The number of hydrogen-bond donors (Lipinski definition) is 0. The molecule has 0 aliphatic carbocycles. The third-order valence-electron chi connectivity index (χ3n) is 3.68. The van der Waals surface area contributed by atoms with Gasteiger partial charge in [0.25, 0.3) is 0 Å². The highest BCUT2D eigenvalue weighted by Crippen LogP contribution is 2.11. The van der Waals surface area contributed by atoms with Crippen LogP contribution in [0.1, 0.15) is 56.2 Å². The van der Waals surface area contributed by atoms with Gasteiger partial charge in [0.15, 0.2) is 11.9 Å². The van der Waals surface area contributed by atoms with E-state index in [-0.39, 0.29) is 6.42 Å². The van der Waals surface area contributed by atoms with E-state index in [0.717, 1.165) is 25.7 Å². The number of aromatic nitrogens is 1. The molecular formula is C16H25NO2. The fourth-order valence-electron chi connectivity index (χ4n) is 2.30. The number of hydrogen-bond acceptors (Lipinski definition) is 2. The van der Waals surface area contributed by atoms with E-state index in [1.54, 1.807) is 0 Å². The molecule has 0 aliphatic heterocycles. The van der Waals surface area contributed by atoms with E-state index >= 15 is 0 Å². The zero-order valence-electron chi connectivity index (χ0n) is 12.2. The SMILES string of the molecule is Cc1c(CCCCCCCCC(=O)[O-])ccc[n+]1C. The van der Waals surface area contributed by atoms with Crippen LogP contribution in [0.25, 0.3) is 0 Å². The lowest BCUT2D eigenvalue weighted by Gasteiger charge is -2.04. The zero-order chi connectivity index (χ0) is 14.1. The van der Waals surface area contributed by atoms with Crippen LogP contribution in [-0.4, -0.2) is 5.97 Å². The quantitative estimate of drug-likeness (QED) is 0.504. The van der Waals surface area contributed by atoms with Gasteiger partial charge in [0, 0.05) is 24.5 Å². The fourth-order valence-corrected chi connectivity index (χ4v) is 2.30. The first-order valence-corrected chi connectivity index (χ1v) is 7.25. The summed E-state index contributed by atoms with van der Waals surface area (Å²) >= 11 is 0. The Morgan fingerprint density at radius 1 is 1.16 bits per heavy atom. The van der Waals surface area contributed by atoms with Crippen LogP contribution in [0.2, 0.25) is 0 Å². The highest BCUT2D eigenvalue weighted by Gasteiger charge is 2.06. The molecule has 3 heteroatoms. The second kappa shape index (κ2) is 8.68. The van der Waals surface area contributed by atoms with E-state index in [9.17, 15) is 9.90 Å². The summed E-state index contributed by atoms with van der Waals surface area (Å²) in [7, 11) is 2.08. The molecule has 0 saturated heterocycles. The van der Waals surface area contributed by atoms with Crippen molar-refractivity contribution in [2.45, 2.75) is 58.3 Å². The minimum Gasteiger partial charge on any atom is -0.550 e. The molecule has 0 aromatic carbocycles. The van der Waals surface area contributed by atoms with Crippen molar-refractivity contribution in [3.8, 4) is 0 Å². The number of rotatable bonds is 9. The first-order valence-electron chi connectivity index (χ1n) is 7.25. The van der Waals surface area contributed by atoms with Gasteiger partial charge in [-0.2, -0.15) is 0 Å². The smallest absolute Gasteiger partial charge is 0.181 e. The lowest BCUT2D eigenvalue weighted by molar-refractivity contribution is -0.678. The number of carbonyl (C=O) groups is 1. The molecule has 3 nitrogen and oxygen atoms in total. The second-order valence-corrected chi connectivity index (χ2v) is 5.22. The highest BCUT2D eigenvalue weighted by atomic mass is 16.4. The van der Waals surface area contributed by atoms with Crippen molar-refractivity contribution in [2.24, 2.45) is 7.05 Å². The monoisotopic (exact) mass is 263 g/mol. The van der Waals surface area contributed by atoms with Crippen LogP contribution in [0.5, 0.6) is 0 Å². The Labute approximate surface area is 116 Å². The summed E-state index contributed by atoms with van der Waals surface area (Å²) in [6.07, 6.45) is 9.97. The molecule has 0 unspecified atom stereocenters. The number of carboxylic acids is 1. The van der Waals surface area contributed by atoms with Gasteiger partial charge < -0.3 is 9.90 Å². The summed E-state index contributed by atoms with van der Waals surface area (Å²) in [5.41, 5.74) is 2.78. The molecule has 0 N–H and O–H groups in total. The van der Waals surface area contributed by atoms with E-state index in [0.29, 0.717) is 0 Å².